The molecule has 0 N–H and O–H groups in total. The van der Waals surface area contributed by atoms with Crippen LogP contribution in [0.4, 0.5) is 0 Å². The van der Waals surface area contributed by atoms with Gasteiger partial charge in [-0.15, -0.1) is 0 Å². The fourth-order valence-corrected chi connectivity index (χ4v) is 7.78. The Labute approximate surface area is 296 Å². The maximum absolute atomic E-state index is 5.29. The Morgan fingerprint density at radius 2 is 0.902 bits per heavy atom. The third kappa shape index (κ3) is 4.75. The van der Waals surface area contributed by atoms with E-state index in [2.05, 4.69) is 129 Å². The fourth-order valence-electron chi connectivity index (χ4n) is 7.78. The molecule has 0 unspecified atom stereocenters. The van der Waals surface area contributed by atoms with E-state index in [4.69, 9.17) is 19.9 Å². The van der Waals surface area contributed by atoms with Crippen LogP contribution in [0.5, 0.6) is 0 Å². The smallest absolute Gasteiger partial charge is 0.0973 e. The van der Waals surface area contributed by atoms with Crippen LogP contribution in [-0.2, 0) is 5.41 Å². The molecule has 6 aromatic carbocycles. The molecule has 10 rings (SSSR count). The van der Waals surface area contributed by atoms with Crippen molar-refractivity contribution >= 4 is 32.8 Å². The second-order valence-electron chi connectivity index (χ2n) is 13.9. The first kappa shape index (κ1) is 29.4. The number of aromatic nitrogens is 4. The molecule has 51 heavy (non-hydrogen) atoms. The largest absolute Gasteiger partial charge is 0.245 e. The summed E-state index contributed by atoms with van der Waals surface area (Å²) in [5, 5.41) is 2.13. The predicted molar refractivity (Wildman–Crippen MR) is 209 cm³/mol. The maximum atomic E-state index is 5.29. The minimum absolute atomic E-state index is 0.0727. The van der Waals surface area contributed by atoms with E-state index in [1.165, 1.54) is 22.3 Å². The normalized spacial score (nSPS) is 13.1. The Hall–Kier alpha value is -6.52. The van der Waals surface area contributed by atoms with Gasteiger partial charge in [0.1, 0.15) is 0 Å². The zero-order valence-electron chi connectivity index (χ0n) is 28.3. The molecule has 9 aromatic rings. The molecule has 4 nitrogen and oxygen atoms in total. The summed E-state index contributed by atoms with van der Waals surface area (Å²) in [5.74, 6) is 0. The molecule has 0 saturated carbocycles. The van der Waals surface area contributed by atoms with Crippen molar-refractivity contribution in [3.63, 3.8) is 0 Å². The van der Waals surface area contributed by atoms with Crippen molar-refractivity contribution in [2.24, 2.45) is 0 Å². The van der Waals surface area contributed by atoms with E-state index >= 15 is 0 Å². The molecule has 0 aliphatic heterocycles. The van der Waals surface area contributed by atoms with E-state index in [0.29, 0.717) is 0 Å². The van der Waals surface area contributed by atoms with Gasteiger partial charge in [0, 0.05) is 38.4 Å². The van der Waals surface area contributed by atoms with Gasteiger partial charge in [0.2, 0.25) is 0 Å². The zero-order valence-corrected chi connectivity index (χ0v) is 28.3. The monoisotopic (exact) mass is 652 g/mol. The van der Waals surface area contributed by atoms with Crippen LogP contribution in [0.2, 0.25) is 0 Å². The average molecular weight is 653 g/mol. The van der Waals surface area contributed by atoms with Crippen molar-refractivity contribution in [2.45, 2.75) is 19.3 Å². The lowest BCUT2D eigenvalue weighted by atomic mass is 9.82. The summed E-state index contributed by atoms with van der Waals surface area (Å²) in [6.07, 6.45) is 0. The standard InChI is InChI=1S/C47H32N4/c1-47(2)37-16-7-6-15-35(37)36-24-21-33(28-38(36)47)40-26-23-31-20-19-30-22-25-39(48-44(30)45(31)49-40)32-13-10-14-34(27-32)46-43(29-11-4-3-5-12-29)50-41-17-8-9-18-42(41)51-46/h3-28H,1-2H3. The van der Waals surface area contributed by atoms with Crippen LogP contribution >= 0.6 is 0 Å². The number of benzene rings is 6. The van der Waals surface area contributed by atoms with Crippen LogP contribution < -0.4 is 0 Å². The summed E-state index contributed by atoms with van der Waals surface area (Å²) in [5.41, 5.74) is 16.5. The van der Waals surface area contributed by atoms with Crippen LogP contribution in [0.3, 0.4) is 0 Å². The average Bonchev–Trinajstić information content (AvgIpc) is 3.42. The van der Waals surface area contributed by atoms with E-state index in [1.54, 1.807) is 0 Å². The Morgan fingerprint density at radius 3 is 1.61 bits per heavy atom. The summed E-state index contributed by atoms with van der Waals surface area (Å²) in [4.78, 5) is 20.8. The van der Waals surface area contributed by atoms with Gasteiger partial charge in [0.25, 0.3) is 0 Å². The molecule has 0 atom stereocenters. The number of para-hydroxylation sites is 2. The van der Waals surface area contributed by atoms with Gasteiger partial charge in [-0.2, -0.15) is 0 Å². The molecule has 3 heterocycles. The molecular formula is C47H32N4. The number of pyridine rings is 2. The van der Waals surface area contributed by atoms with Gasteiger partial charge >= 0.3 is 0 Å². The summed E-state index contributed by atoms with van der Waals surface area (Å²) in [6, 6.07) is 55.2. The van der Waals surface area contributed by atoms with Crippen molar-refractivity contribution in [2.75, 3.05) is 0 Å². The van der Waals surface area contributed by atoms with Crippen LogP contribution in [0, 0.1) is 0 Å². The van der Waals surface area contributed by atoms with Crippen LogP contribution in [0.15, 0.2) is 158 Å². The maximum Gasteiger partial charge on any atom is 0.0973 e. The minimum Gasteiger partial charge on any atom is -0.245 e. The SMILES string of the molecule is CC1(C)c2ccccc2-c2ccc(-c3ccc4ccc5ccc(-c6cccc(-c7nc8ccccc8nc7-c7ccccc7)c6)nc5c4n3)cc21. The zero-order chi connectivity index (χ0) is 34.1. The molecule has 0 amide bonds. The highest BCUT2D eigenvalue weighted by molar-refractivity contribution is 6.04. The van der Waals surface area contributed by atoms with Crippen molar-refractivity contribution in [1.29, 1.82) is 0 Å². The molecule has 0 fully saturated rings. The summed E-state index contributed by atoms with van der Waals surface area (Å²) >= 11 is 0. The van der Waals surface area contributed by atoms with Crippen LogP contribution in [0.1, 0.15) is 25.0 Å². The number of nitrogens with zero attached hydrogens (tertiary/aromatic N) is 4. The molecular weight excluding hydrogens is 621 g/mol. The molecule has 0 radical (unpaired) electrons. The highest BCUT2D eigenvalue weighted by Gasteiger charge is 2.35. The van der Waals surface area contributed by atoms with Gasteiger partial charge in [-0.25, -0.2) is 19.9 Å². The molecule has 3 aromatic heterocycles. The first-order chi connectivity index (χ1) is 25.0. The predicted octanol–water partition coefficient (Wildman–Crippen LogP) is 11.7. The van der Waals surface area contributed by atoms with Gasteiger partial charge < -0.3 is 0 Å². The Kier molecular flexibility index (Phi) is 6.49. The molecule has 240 valence electrons. The van der Waals surface area contributed by atoms with E-state index < -0.39 is 0 Å². The van der Waals surface area contributed by atoms with Crippen molar-refractivity contribution in [1.82, 2.24) is 19.9 Å². The van der Waals surface area contributed by atoms with Crippen molar-refractivity contribution in [3.05, 3.63) is 169 Å². The second-order valence-corrected chi connectivity index (χ2v) is 13.9. The van der Waals surface area contributed by atoms with Crippen molar-refractivity contribution < 1.29 is 0 Å². The lowest BCUT2D eigenvalue weighted by Gasteiger charge is -2.21. The third-order valence-electron chi connectivity index (χ3n) is 10.4. The molecule has 1 aliphatic carbocycles. The number of hydrogen-bond acceptors (Lipinski definition) is 4. The molecule has 4 heteroatoms. The van der Waals surface area contributed by atoms with Gasteiger partial charge in [0.15, 0.2) is 0 Å². The number of rotatable bonds is 4. The van der Waals surface area contributed by atoms with Gasteiger partial charge in [-0.05, 0) is 58.7 Å². The lowest BCUT2D eigenvalue weighted by Crippen LogP contribution is -2.14. The Bertz CT molecular complexity index is 2840. The molecule has 0 saturated heterocycles. The van der Waals surface area contributed by atoms with Crippen LogP contribution in [0.25, 0.3) is 89.0 Å². The lowest BCUT2D eigenvalue weighted by molar-refractivity contribution is 0.660. The van der Waals surface area contributed by atoms with Gasteiger partial charge in [-0.3, -0.25) is 0 Å². The molecule has 1 aliphatic rings. The van der Waals surface area contributed by atoms with E-state index in [-0.39, 0.29) is 5.41 Å². The summed E-state index contributed by atoms with van der Waals surface area (Å²) < 4.78 is 0. The highest BCUT2D eigenvalue weighted by atomic mass is 14.8. The quantitative estimate of drug-likeness (QED) is 0.178. The fraction of sp³-hybridized carbons (Fsp3) is 0.0638. The van der Waals surface area contributed by atoms with E-state index in [0.717, 1.165) is 77.9 Å². The Balaban J connectivity index is 1.08. The number of hydrogen-bond donors (Lipinski definition) is 0. The van der Waals surface area contributed by atoms with Crippen molar-refractivity contribution in [3.8, 4) is 56.2 Å². The topological polar surface area (TPSA) is 51.6 Å². The summed E-state index contributed by atoms with van der Waals surface area (Å²) in [7, 11) is 0. The van der Waals surface area contributed by atoms with E-state index in [9.17, 15) is 0 Å². The van der Waals surface area contributed by atoms with Crippen LogP contribution in [-0.4, -0.2) is 19.9 Å². The van der Waals surface area contributed by atoms with Gasteiger partial charge in [-0.1, -0.05) is 135 Å². The first-order valence-corrected chi connectivity index (χ1v) is 17.4. The summed E-state index contributed by atoms with van der Waals surface area (Å²) in [6.45, 7) is 4.64. The van der Waals surface area contributed by atoms with Gasteiger partial charge in [0.05, 0.1) is 44.8 Å². The Morgan fingerprint density at radius 1 is 0.373 bits per heavy atom. The third-order valence-corrected chi connectivity index (χ3v) is 10.4. The number of fused-ring (bicyclic) bond motifs is 7. The molecule has 0 spiro atoms. The minimum atomic E-state index is -0.0727. The second kappa shape index (κ2) is 11.3. The molecule has 0 bridgehead atoms. The first-order valence-electron chi connectivity index (χ1n) is 17.4. The van der Waals surface area contributed by atoms with E-state index in [1.807, 2.05) is 42.5 Å². The highest BCUT2D eigenvalue weighted by Crippen LogP contribution is 2.49.